The highest BCUT2D eigenvalue weighted by Gasteiger charge is 2.32. The predicted molar refractivity (Wildman–Crippen MR) is 128 cm³/mol. The maximum absolute atomic E-state index is 13.2. The Balaban J connectivity index is 1.18. The lowest BCUT2D eigenvalue weighted by Gasteiger charge is -2.34. The van der Waals surface area contributed by atoms with Crippen molar-refractivity contribution in [1.82, 2.24) is 24.8 Å². The van der Waals surface area contributed by atoms with Gasteiger partial charge in [-0.25, -0.2) is 4.68 Å². The molecule has 0 N–H and O–H groups in total. The van der Waals surface area contributed by atoms with Gasteiger partial charge in [-0.2, -0.15) is 0 Å². The lowest BCUT2D eigenvalue weighted by molar-refractivity contribution is -0.131. The highest BCUT2D eigenvalue weighted by atomic mass is 35.5. The Labute approximate surface area is 208 Å². The fourth-order valence-corrected chi connectivity index (χ4v) is 4.56. The lowest BCUT2D eigenvalue weighted by atomic mass is 10.1. The van der Waals surface area contributed by atoms with Crippen molar-refractivity contribution >= 4 is 23.4 Å². The van der Waals surface area contributed by atoms with E-state index in [2.05, 4.69) is 10.3 Å². The second kappa shape index (κ2) is 10.1. The molecule has 10 heteroatoms. The maximum atomic E-state index is 13.2. The summed E-state index contributed by atoms with van der Waals surface area (Å²) in [5.74, 6) is 0.582. The van der Waals surface area contributed by atoms with Crippen molar-refractivity contribution in [3.05, 3.63) is 76.1 Å². The Kier molecular flexibility index (Phi) is 6.70. The Morgan fingerprint density at radius 1 is 1.09 bits per heavy atom. The van der Waals surface area contributed by atoms with Gasteiger partial charge in [-0.05, 0) is 35.4 Å². The van der Waals surface area contributed by atoms with E-state index in [4.69, 9.17) is 21.1 Å². The topological polar surface area (TPSA) is 89.8 Å². The van der Waals surface area contributed by atoms with Gasteiger partial charge in [-0.1, -0.05) is 41.1 Å². The van der Waals surface area contributed by atoms with Crippen LogP contribution in [0.1, 0.15) is 33.4 Å². The molecule has 0 saturated carbocycles. The van der Waals surface area contributed by atoms with Gasteiger partial charge < -0.3 is 19.3 Å². The van der Waals surface area contributed by atoms with E-state index in [0.29, 0.717) is 55.6 Å². The van der Waals surface area contributed by atoms with Crippen LogP contribution in [0.4, 0.5) is 0 Å². The Morgan fingerprint density at radius 2 is 1.83 bits per heavy atom. The van der Waals surface area contributed by atoms with E-state index in [9.17, 15) is 9.59 Å². The van der Waals surface area contributed by atoms with Crippen LogP contribution in [0.15, 0.2) is 48.5 Å². The standard InChI is InChI=1S/C25H26ClN5O4/c1-34-20-4-2-3-17(13-20)14-23(32)29-9-11-30(12-10-29)25(33)24-21-16-35-22(15-31(21)28-27-24)18-5-7-19(26)8-6-18/h2-8,13,22H,9-12,14-16H2,1H3/t22-/m1/s1. The maximum Gasteiger partial charge on any atom is 0.276 e. The minimum absolute atomic E-state index is 0.0352. The van der Waals surface area contributed by atoms with Gasteiger partial charge in [0.1, 0.15) is 11.9 Å². The average molecular weight is 496 g/mol. The average Bonchev–Trinajstić information content (AvgIpc) is 3.32. The lowest BCUT2D eigenvalue weighted by Crippen LogP contribution is -2.51. The van der Waals surface area contributed by atoms with Crippen molar-refractivity contribution in [3.8, 4) is 5.75 Å². The van der Waals surface area contributed by atoms with Crippen molar-refractivity contribution in [2.45, 2.75) is 25.7 Å². The molecule has 3 aromatic rings. The summed E-state index contributed by atoms with van der Waals surface area (Å²) < 4.78 is 13.0. The van der Waals surface area contributed by atoms with Crippen molar-refractivity contribution in [2.24, 2.45) is 0 Å². The van der Waals surface area contributed by atoms with Gasteiger partial charge in [-0.15, -0.1) is 5.10 Å². The molecule has 2 aliphatic heterocycles. The molecule has 2 amide bonds. The number of amides is 2. The number of ether oxygens (including phenoxy) is 2. The van der Waals surface area contributed by atoms with Crippen LogP contribution in [-0.4, -0.2) is 69.9 Å². The summed E-state index contributed by atoms with van der Waals surface area (Å²) >= 11 is 5.98. The van der Waals surface area contributed by atoms with Crippen LogP contribution in [-0.2, 0) is 29.1 Å². The zero-order chi connectivity index (χ0) is 24.4. The van der Waals surface area contributed by atoms with Crippen LogP contribution in [0.25, 0.3) is 0 Å². The molecular weight excluding hydrogens is 470 g/mol. The third-order valence-electron chi connectivity index (χ3n) is 6.45. The summed E-state index contributed by atoms with van der Waals surface area (Å²) in [7, 11) is 1.61. The molecule has 5 rings (SSSR count). The van der Waals surface area contributed by atoms with Crippen molar-refractivity contribution in [3.63, 3.8) is 0 Å². The smallest absolute Gasteiger partial charge is 0.276 e. The molecule has 1 aromatic heterocycles. The number of halogens is 1. The summed E-state index contributed by atoms with van der Waals surface area (Å²) in [6.45, 7) is 2.58. The molecule has 3 heterocycles. The molecule has 0 aliphatic carbocycles. The van der Waals surface area contributed by atoms with E-state index in [1.807, 2.05) is 48.5 Å². The van der Waals surface area contributed by atoms with E-state index >= 15 is 0 Å². The third-order valence-corrected chi connectivity index (χ3v) is 6.70. The highest BCUT2D eigenvalue weighted by Crippen LogP contribution is 2.28. The van der Waals surface area contributed by atoms with Crippen LogP contribution in [0, 0.1) is 0 Å². The quantitative estimate of drug-likeness (QED) is 0.540. The molecule has 0 spiro atoms. The number of carbonyl (C=O) groups is 2. The number of rotatable bonds is 5. The van der Waals surface area contributed by atoms with Gasteiger partial charge in [0.25, 0.3) is 5.91 Å². The summed E-state index contributed by atoms with van der Waals surface area (Å²) in [6, 6.07) is 15.0. The van der Waals surface area contributed by atoms with Crippen molar-refractivity contribution in [2.75, 3.05) is 33.3 Å². The molecule has 1 fully saturated rings. The summed E-state index contributed by atoms with van der Waals surface area (Å²) in [5.41, 5.74) is 2.89. The number of nitrogens with zero attached hydrogens (tertiary/aromatic N) is 5. The normalized spacial score (nSPS) is 17.7. The number of piperazine rings is 1. The SMILES string of the molecule is COc1cccc(CC(=O)N2CCN(C(=O)c3nnn4c3CO[C@@H](c3ccc(Cl)cc3)C4)CC2)c1. The second-order valence-corrected chi connectivity index (χ2v) is 9.06. The molecular formula is C25H26ClN5O4. The summed E-state index contributed by atoms with van der Waals surface area (Å²) in [4.78, 5) is 29.5. The molecule has 182 valence electrons. The van der Waals surface area contributed by atoms with Gasteiger partial charge >= 0.3 is 0 Å². The highest BCUT2D eigenvalue weighted by molar-refractivity contribution is 6.30. The van der Waals surface area contributed by atoms with Crippen molar-refractivity contribution < 1.29 is 19.1 Å². The van der Waals surface area contributed by atoms with E-state index in [1.54, 1.807) is 21.6 Å². The Bertz CT molecular complexity index is 1220. The number of fused-ring (bicyclic) bond motifs is 1. The molecule has 2 aromatic carbocycles. The van der Waals surface area contributed by atoms with Gasteiger partial charge in [-0.3, -0.25) is 9.59 Å². The molecule has 9 nitrogen and oxygen atoms in total. The Hall–Kier alpha value is -3.43. The van der Waals surface area contributed by atoms with Gasteiger partial charge in [0.05, 0.1) is 32.4 Å². The van der Waals surface area contributed by atoms with E-state index in [0.717, 1.165) is 16.9 Å². The minimum atomic E-state index is -0.181. The van der Waals surface area contributed by atoms with Gasteiger partial charge in [0.2, 0.25) is 5.91 Å². The number of benzene rings is 2. The number of aromatic nitrogens is 3. The van der Waals surface area contributed by atoms with Gasteiger partial charge in [0.15, 0.2) is 5.69 Å². The van der Waals surface area contributed by atoms with Crippen LogP contribution in [0.5, 0.6) is 5.75 Å². The number of carbonyl (C=O) groups excluding carboxylic acids is 2. The van der Waals surface area contributed by atoms with Gasteiger partial charge in [0, 0.05) is 31.2 Å². The first kappa shape index (κ1) is 23.3. The van der Waals surface area contributed by atoms with Crippen LogP contribution in [0.3, 0.4) is 0 Å². The predicted octanol–water partition coefficient (Wildman–Crippen LogP) is 2.74. The first-order valence-corrected chi connectivity index (χ1v) is 11.9. The largest absolute Gasteiger partial charge is 0.497 e. The number of methoxy groups -OCH3 is 1. The third kappa shape index (κ3) is 5.01. The van der Waals surface area contributed by atoms with Crippen LogP contribution in [0.2, 0.25) is 5.02 Å². The fraction of sp³-hybridized carbons (Fsp3) is 0.360. The molecule has 0 radical (unpaired) electrons. The summed E-state index contributed by atoms with van der Waals surface area (Å²) in [6.07, 6.45) is 0.124. The molecule has 0 unspecified atom stereocenters. The summed E-state index contributed by atoms with van der Waals surface area (Å²) in [5, 5.41) is 9.05. The molecule has 35 heavy (non-hydrogen) atoms. The molecule has 2 aliphatic rings. The number of hydrogen-bond acceptors (Lipinski definition) is 6. The molecule has 1 saturated heterocycles. The zero-order valence-corrected chi connectivity index (χ0v) is 20.1. The Morgan fingerprint density at radius 3 is 2.57 bits per heavy atom. The van der Waals surface area contributed by atoms with E-state index in [1.165, 1.54) is 0 Å². The van der Waals surface area contributed by atoms with Crippen molar-refractivity contribution in [1.29, 1.82) is 0 Å². The fourth-order valence-electron chi connectivity index (χ4n) is 4.43. The first-order valence-electron chi connectivity index (χ1n) is 11.5. The van der Waals surface area contributed by atoms with E-state index < -0.39 is 0 Å². The van der Waals surface area contributed by atoms with Crippen LogP contribution >= 0.6 is 11.6 Å². The molecule has 1 atom stereocenters. The number of hydrogen-bond donors (Lipinski definition) is 0. The minimum Gasteiger partial charge on any atom is -0.497 e. The zero-order valence-electron chi connectivity index (χ0n) is 19.4. The monoisotopic (exact) mass is 495 g/mol. The van der Waals surface area contributed by atoms with Crippen LogP contribution < -0.4 is 4.74 Å². The van der Waals surface area contributed by atoms with E-state index in [-0.39, 0.29) is 24.5 Å². The first-order chi connectivity index (χ1) is 17.0. The molecule has 0 bridgehead atoms. The second-order valence-electron chi connectivity index (χ2n) is 8.62.